The van der Waals surface area contributed by atoms with E-state index in [0.29, 0.717) is 6.04 Å². The Morgan fingerprint density at radius 1 is 1.39 bits per heavy atom. The second-order valence-electron chi connectivity index (χ2n) is 5.32. The van der Waals surface area contributed by atoms with Crippen molar-refractivity contribution in [3.05, 3.63) is 16.4 Å². The molecule has 0 aliphatic rings. The fraction of sp³-hybridized carbons (Fsp3) is 0.786. The van der Waals surface area contributed by atoms with Gasteiger partial charge in [0.1, 0.15) is 0 Å². The van der Waals surface area contributed by atoms with E-state index in [0.717, 1.165) is 36.0 Å². The Balaban J connectivity index is 2.67. The Labute approximate surface area is 116 Å². The van der Waals surface area contributed by atoms with Gasteiger partial charge in [-0.05, 0) is 46.1 Å². The van der Waals surface area contributed by atoms with Gasteiger partial charge in [0.25, 0.3) is 0 Å². The van der Waals surface area contributed by atoms with Gasteiger partial charge in [0.05, 0.1) is 16.4 Å². The van der Waals surface area contributed by atoms with Crippen molar-refractivity contribution in [2.75, 3.05) is 7.05 Å². The molecule has 1 aromatic rings. The van der Waals surface area contributed by atoms with Crippen LogP contribution >= 0.6 is 11.6 Å². The molecule has 3 nitrogen and oxygen atoms in total. The molecule has 0 saturated carbocycles. The largest absolute Gasteiger partial charge is 0.317 e. The topological polar surface area (TPSA) is 29.9 Å². The SMILES string of the molecule is CCn1nc(C)c(Cl)c1CCC(CC(C)C)NC. The Morgan fingerprint density at radius 2 is 2.06 bits per heavy atom. The number of hydrogen-bond donors (Lipinski definition) is 1. The third-order valence-electron chi connectivity index (χ3n) is 3.35. The summed E-state index contributed by atoms with van der Waals surface area (Å²) in [5, 5.41) is 8.70. The molecule has 0 fully saturated rings. The van der Waals surface area contributed by atoms with Gasteiger partial charge in [-0.3, -0.25) is 4.68 Å². The van der Waals surface area contributed by atoms with Crippen LogP contribution in [0.3, 0.4) is 0 Å². The molecule has 1 atom stereocenters. The molecule has 0 aromatic carbocycles. The average molecular weight is 272 g/mol. The van der Waals surface area contributed by atoms with Gasteiger partial charge in [0, 0.05) is 12.6 Å². The van der Waals surface area contributed by atoms with E-state index < -0.39 is 0 Å². The van der Waals surface area contributed by atoms with Crippen molar-refractivity contribution in [2.45, 2.75) is 59.5 Å². The molecular weight excluding hydrogens is 246 g/mol. The maximum Gasteiger partial charge on any atom is 0.0847 e. The van der Waals surface area contributed by atoms with Crippen molar-refractivity contribution in [3.63, 3.8) is 0 Å². The fourth-order valence-electron chi connectivity index (χ4n) is 2.37. The van der Waals surface area contributed by atoms with Crippen molar-refractivity contribution in [3.8, 4) is 0 Å². The summed E-state index contributed by atoms with van der Waals surface area (Å²) >= 11 is 6.32. The molecule has 1 rings (SSSR count). The predicted molar refractivity (Wildman–Crippen MR) is 78.3 cm³/mol. The number of nitrogens with zero attached hydrogens (tertiary/aromatic N) is 2. The van der Waals surface area contributed by atoms with Crippen LogP contribution < -0.4 is 5.32 Å². The molecular formula is C14H26ClN3. The van der Waals surface area contributed by atoms with E-state index in [4.69, 9.17) is 11.6 Å². The smallest absolute Gasteiger partial charge is 0.0847 e. The summed E-state index contributed by atoms with van der Waals surface area (Å²) in [5.74, 6) is 0.718. The van der Waals surface area contributed by atoms with Crippen LogP contribution in [0.1, 0.15) is 45.0 Å². The van der Waals surface area contributed by atoms with Crippen LogP contribution in [0.2, 0.25) is 5.02 Å². The van der Waals surface area contributed by atoms with Gasteiger partial charge in [-0.1, -0.05) is 25.4 Å². The zero-order valence-electron chi connectivity index (χ0n) is 12.3. The summed E-state index contributed by atoms with van der Waals surface area (Å²) in [6, 6.07) is 0.557. The molecule has 0 radical (unpaired) electrons. The van der Waals surface area contributed by atoms with E-state index in [1.54, 1.807) is 0 Å². The molecule has 4 heteroatoms. The first kappa shape index (κ1) is 15.5. The highest BCUT2D eigenvalue weighted by atomic mass is 35.5. The summed E-state index contributed by atoms with van der Waals surface area (Å²) in [6.45, 7) is 9.49. The van der Waals surface area contributed by atoms with Crippen LogP contribution in [0, 0.1) is 12.8 Å². The molecule has 1 N–H and O–H groups in total. The lowest BCUT2D eigenvalue weighted by atomic mass is 9.99. The van der Waals surface area contributed by atoms with Crippen molar-refractivity contribution in [1.82, 2.24) is 15.1 Å². The zero-order valence-corrected chi connectivity index (χ0v) is 13.0. The van der Waals surface area contributed by atoms with E-state index in [-0.39, 0.29) is 0 Å². The number of aryl methyl sites for hydroxylation is 2. The molecule has 0 amide bonds. The molecule has 1 heterocycles. The highest BCUT2D eigenvalue weighted by molar-refractivity contribution is 6.31. The monoisotopic (exact) mass is 271 g/mol. The Bertz CT molecular complexity index is 371. The first-order valence-corrected chi connectivity index (χ1v) is 7.26. The van der Waals surface area contributed by atoms with E-state index in [1.807, 2.05) is 18.7 Å². The maximum atomic E-state index is 6.32. The molecule has 0 aliphatic heterocycles. The number of rotatable bonds is 7. The van der Waals surface area contributed by atoms with Gasteiger partial charge in [-0.2, -0.15) is 5.10 Å². The van der Waals surface area contributed by atoms with Crippen LogP contribution in [0.15, 0.2) is 0 Å². The third-order valence-corrected chi connectivity index (χ3v) is 3.84. The van der Waals surface area contributed by atoms with Crippen LogP contribution in [0.4, 0.5) is 0 Å². The highest BCUT2D eigenvalue weighted by Crippen LogP contribution is 2.22. The van der Waals surface area contributed by atoms with Crippen molar-refractivity contribution >= 4 is 11.6 Å². The van der Waals surface area contributed by atoms with Crippen molar-refractivity contribution < 1.29 is 0 Å². The second kappa shape index (κ2) is 7.15. The van der Waals surface area contributed by atoms with Gasteiger partial charge >= 0.3 is 0 Å². The average Bonchev–Trinajstić information content (AvgIpc) is 2.60. The summed E-state index contributed by atoms with van der Waals surface area (Å²) in [6.07, 6.45) is 3.30. The van der Waals surface area contributed by atoms with Crippen molar-refractivity contribution in [1.29, 1.82) is 0 Å². The van der Waals surface area contributed by atoms with Gasteiger partial charge in [-0.25, -0.2) is 0 Å². The van der Waals surface area contributed by atoms with E-state index in [1.165, 1.54) is 12.1 Å². The summed E-state index contributed by atoms with van der Waals surface area (Å²) in [4.78, 5) is 0. The Morgan fingerprint density at radius 3 is 2.56 bits per heavy atom. The van der Waals surface area contributed by atoms with Gasteiger partial charge in [0.15, 0.2) is 0 Å². The fourth-order valence-corrected chi connectivity index (χ4v) is 2.60. The molecule has 0 bridgehead atoms. The van der Waals surface area contributed by atoms with E-state index >= 15 is 0 Å². The van der Waals surface area contributed by atoms with Gasteiger partial charge < -0.3 is 5.32 Å². The van der Waals surface area contributed by atoms with Gasteiger partial charge in [-0.15, -0.1) is 0 Å². The minimum atomic E-state index is 0.557. The molecule has 0 saturated heterocycles. The molecule has 0 spiro atoms. The highest BCUT2D eigenvalue weighted by Gasteiger charge is 2.15. The first-order valence-electron chi connectivity index (χ1n) is 6.88. The summed E-state index contributed by atoms with van der Waals surface area (Å²) in [5.41, 5.74) is 2.12. The quantitative estimate of drug-likeness (QED) is 0.823. The number of aromatic nitrogens is 2. The zero-order chi connectivity index (χ0) is 13.7. The van der Waals surface area contributed by atoms with Gasteiger partial charge in [0.2, 0.25) is 0 Å². The number of nitrogens with one attached hydrogen (secondary N) is 1. The standard InChI is InChI=1S/C14H26ClN3/c1-6-18-13(14(15)11(4)17-18)8-7-12(16-5)9-10(2)3/h10,12,16H,6-9H2,1-5H3. The first-order chi connectivity index (χ1) is 8.49. The molecule has 1 aromatic heterocycles. The minimum absolute atomic E-state index is 0.557. The Hall–Kier alpha value is -0.540. The third kappa shape index (κ3) is 3.99. The molecule has 1 unspecified atom stereocenters. The van der Waals surface area contributed by atoms with Crippen LogP contribution in [-0.2, 0) is 13.0 Å². The van der Waals surface area contributed by atoms with Crippen LogP contribution in [-0.4, -0.2) is 22.9 Å². The minimum Gasteiger partial charge on any atom is -0.317 e. The number of hydrogen-bond acceptors (Lipinski definition) is 2. The lowest BCUT2D eigenvalue weighted by molar-refractivity contribution is 0.417. The van der Waals surface area contributed by atoms with Crippen molar-refractivity contribution in [2.24, 2.45) is 5.92 Å². The summed E-state index contributed by atoms with van der Waals surface area (Å²) in [7, 11) is 2.04. The lowest BCUT2D eigenvalue weighted by Gasteiger charge is -2.18. The maximum absolute atomic E-state index is 6.32. The van der Waals surface area contributed by atoms with Crippen LogP contribution in [0.25, 0.3) is 0 Å². The lowest BCUT2D eigenvalue weighted by Crippen LogP contribution is -2.27. The second-order valence-corrected chi connectivity index (χ2v) is 5.69. The van der Waals surface area contributed by atoms with Crippen LogP contribution in [0.5, 0.6) is 0 Å². The molecule has 0 aliphatic carbocycles. The molecule has 18 heavy (non-hydrogen) atoms. The normalized spacial score (nSPS) is 13.3. The predicted octanol–water partition coefficient (Wildman–Crippen LogP) is 3.43. The number of halogens is 1. The van der Waals surface area contributed by atoms with E-state index in [9.17, 15) is 0 Å². The summed E-state index contributed by atoms with van der Waals surface area (Å²) < 4.78 is 2.03. The Kier molecular flexibility index (Phi) is 6.16. The van der Waals surface area contributed by atoms with E-state index in [2.05, 4.69) is 31.2 Å². The molecule has 104 valence electrons.